The molecule has 0 aliphatic heterocycles. The lowest BCUT2D eigenvalue weighted by Gasteiger charge is -2.19. The fraction of sp³-hybridized carbons (Fsp3) is 0.125. The molecule has 0 fully saturated rings. The van der Waals surface area contributed by atoms with Gasteiger partial charge in [0, 0.05) is 12.0 Å². The number of ether oxygens (including phenoxy) is 1. The topological polar surface area (TPSA) is 96.5 Å². The highest BCUT2D eigenvalue weighted by molar-refractivity contribution is 5.96. The van der Waals surface area contributed by atoms with Crippen LogP contribution in [0.4, 0.5) is 4.79 Å². The number of hydrogen-bond donors (Lipinski definition) is 3. The summed E-state index contributed by atoms with van der Waals surface area (Å²) in [5.74, 6) is -1.02. The Morgan fingerprint density at radius 1 is 0.710 bits per heavy atom. The number of rotatable bonds is 7. The Hall–Kier alpha value is -4.13. The van der Waals surface area contributed by atoms with Gasteiger partial charge in [-0.2, -0.15) is 0 Å². The summed E-state index contributed by atoms with van der Waals surface area (Å²) < 4.78 is 5.22. The molecule has 158 valence electrons. The quantitative estimate of drug-likeness (QED) is 0.515. The first-order valence-corrected chi connectivity index (χ1v) is 9.78. The maximum Gasteiger partial charge on any atom is 0.408 e. The van der Waals surface area contributed by atoms with Crippen molar-refractivity contribution >= 4 is 17.9 Å². The molecule has 0 saturated heterocycles. The fourth-order valence-corrected chi connectivity index (χ4v) is 2.83. The summed E-state index contributed by atoms with van der Waals surface area (Å²) in [7, 11) is 0. The molecule has 0 aromatic heterocycles. The zero-order valence-electron chi connectivity index (χ0n) is 16.8. The van der Waals surface area contributed by atoms with Gasteiger partial charge in [-0.25, -0.2) is 4.79 Å². The minimum absolute atomic E-state index is 0.0804. The third-order valence-electron chi connectivity index (χ3n) is 4.44. The van der Waals surface area contributed by atoms with Gasteiger partial charge in [-0.1, -0.05) is 78.9 Å². The maximum absolute atomic E-state index is 12.7. The maximum atomic E-state index is 12.7. The Balaban J connectivity index is 1.60. The number of alkyl carbamates (subject to hydrolysis) is 1. The van der Waals surface area contributed by atoms with E-state index in [2.05, 4.69) is 16.2 Å². The van der Waals surface area contributed by atoms with Gasteiger partial charge >= 0.3 is 6.09 Å². The first-order chi connectivity index (χ1) is 15.1. The van der Waals surface area contributed by atoms with Gasteiger partial charge in [0.15, 0.2) is 0 Å². The van der Waals surface area contributed by atoms with Gasteiger partial charge in [0.2, 0.25) is 0 Å². The number of hydrazine groups is 1. The van der Waals surface area contributed by atoms with Crippen molar-refractivity contribution in [3.8, 4) is 0 Å². The van der Waals surface area contributed by atoms with Crippen LogP contribution in [-0.4, -0.2) is 23.9 Å². The van der Waals surface area contributed by atoms with Crippen molar-refractivity contribution in [2.75, 3.05) is 0 Å². The van der Waals surface area contributed by atoms with Gasteiger partial charge in [0.05, 0.1) is 0 Å². The van der Waals surface area contributed by atoms with E-state index in [1.54, 1.807) is 30.3 Å². The van der Waals surface area contributed by atoms with Gasteiger partial charge in [-0.05, 0) is 23.3 Å². The lowest BCUT2D eigenvalue weighted by molar-refractivity contribution is -0.123. The van der Waals surface area contributed by atoms with Gasteiger partial charge in [0.1, 0.15) is 12.6 Å². The van der Waals surface area contributed by atoms with E-state index in [1.807, 2.05) is 60.7 Å². The highest BCUT2D eigenvalue weighted by Gasteiger charge is 2.22. The summed E-state index contributed by atoms with van der Waals surface area (Å²) in [6, 6.07) is 26.0. The molecule has 0 unspecified atom stereocenters. The van der Waals surface area contributed by atoms with E-state index in [1.165, 1.54) is 0 Å². The first kappa shape index (κ1) is 21.6. The zero-order valence-corrected chi connectivity index (χ0v) is 16.8. The molecule has 7 heteroatoms. The van der Waals surface area contributed by atoms with Crippen molar-refractivity contribution in [3.05, 3.63) is 108 Å². The van der Waals surface area contributed by atoms with Gasteiger partial charge in [0.25, 0.3) is 11.8 Å². The van der Waals surface area contributed by atoms with Crippen LogP contribution < -0.4 is 16.2 Å². The summed E-state index contributed by atoms with van der Waals surface area (Å²) in [6.45, 7) is 0.0804. The lowest BCUT2D eigenvalue weighted by atomic mass is 10.1. The molecule has 0 heterocycles. The van der Waals surface area contributed by atoms with Crippen molar-refractivity contribution in [3.63, 3.8) is 0 Å². The Morgan fingerprint density at radius 2 is 1.26 bits per heavy atom. The molecule has 0 aliphatic rings. The van der Waals surface area contributed by atoms with E-state index < -0.39 is 23.9 Å². The minimum Gasteiger partial charge on any atom is -0.445 e. The summed E-state index contributed by atoms with van der Waals surface area (Å²) in [6.07, 6.45) is -0.497. The largest absolute Gasteiger partial charge is 0.445 e. The Kier molecular flexibility index (Phi) is 7.77. The zero-order chi connectivity index (χ0) is 21.9. The predicted molar refractivity (Wildman–Crippen MR) is 116 cm³/mol. The molecule has 31 heavy (non-hydrogen) atoms. The third kappa shape index (κ3) is 7.01. The number of amides is 3. The highest BCUT2D eigenvalue weighted by atomic mass is 16.5. The van der Waals surface area contributed by atoms with Crippen LogP contribution in [0.3, 0.4) is 0 Å². The summed E-state index contributed by atoms with van der Waals surface area (Å²) >= 11 is 0. The normalized spacial score (nSPS) is 11.1. The number of carbonyl (C=O) groups excluding carboxylic acids is 3. The molecule has 0 aliphatic carbocycles. The monoisotopic (exact) mass is 417 g/mol. The van der Waals surface area contributed by atoms with Crippen LogP contribution in [-0.2, 0) is 22.6 Å². The molecule has 0 saturated carbocycles. The van der Waals surface area contributed by atoms with Crippen LogP contribution >= 0.6 is 0 Å². The molecule has 7 nitrogen and oxygen atoms in total. The molecule has 0 bridgehead atoms. The predicted octanol–water partition coefficient (Wildman–Crippen LogP) is 2.99. The minimum atomic E-state index is -0.943. The van der Waals surface area contributed by atoms with Crippen molar-refractivity contribution < 1.29 is 19.1 Å². The highest BCUT2D eigenvalue weighted by Crippen LogP contribution is 2.05. The number of benzene rings is 3. The Bertz CT molecular complexity index is 995. The summed E-state index contributed by atoms with van der Waals surface area (Å²) in [5.41, 5.74) is 6.82. The third-order valence-corrected chi connectivity index (χ3v) is 4.44. The molecule has 3 rings (SSSR count). The first-order valence-electron chi connectivity index (χ1n) is 9.78. The van der Waals surface area contributed by atoms with Crippen LogP contribution in [0.25, 0.3) is 0 Å². The molecular weight excluding hydrogens is 394 g/mol. The van der Waals surface area contributed by atoms with Crippen LogP contribution in [0.5, 0.6) is 0 Å². The second-order valence-corrected chi connectivity index (χ2v) is 6.76. The Labute approximate surface area is 180 Å². The molecule has 3 aromatic carbocycles. The van der Waals surface area contributed by atoms with Crippen molar-refractivity contribution in [1.82, 2.24) is 16.2 Å². The molecular formula is C24H23N3O4. The van der Waals surface area contributed by atoms with Gasteiger partial charge in [-0.3, -0.25) is 20.4 Å². The average molecular weight is 417 g/mol. The molecule has 3 aromatic rings. The summed E-state index contributed by atoms with van der Waals surface area (Å²) in [4.78, 5) is 37.2. The van der Waals surface area contributed by atoms with E-state index in [4.69, 9.17) is 4.74 Å². The standard InChI is InChI=1S/C24H23N3O4/c28-22(20-14-8-3-9-15-20)26-27-23(29)21(16-18-10-4-1-5-11-18)25-24(30)31-17-19-12-6-2-7-13-19/h1-15,21H,16-17H2,(H,25,30)(H,26,28)(H,27,29)/t21-/m0/s1. The van der Waals surface area contributed by atoms with Crippen LogP contribution in [0, 0.1) is 0 Å². The van der Waals surface area contributed by atoms with Crippen LogP contribution in [0.1, 0.15) is 21.5 Å². The van der Waals surface area contributed by atoms with E-state index >= 15 is 0 Å². The average Bonchev–Trinajstić information content (AvgIpc) is 2.82. The van der Waals surface area contributed by atoms with Crippen LogP contribution in [0.2, 0.25) is 0 Å². The molecule has 3 N–H and O–H groups in total. The van der Waals surface area contributed by atoms with Crippen LogP contribution in [0.15, 0.2) is 91.0 Å². The second kappa shape index (κ2) is 11.2. The summed E-state index contributed by atoms with van der Waals surface area (Å²) in [5, 5.41) is 2.57. The molecule has 3 amide bonds. The van der Waals surface area contributed by atoms with Gasteiger partial charge < -0.3 is 10.1 Å². The van der Waals surface area contributed by atoms with Gasteiger partial charge in [-0.15, -0.1) is 0 Å². The lowest BCUT2D eigenvalue weighted by Crippen LogP contribution is -2.53. The Morgan fingerprint density at radius 3 is 1.87 bits per heavy atom. The molecule has 0 spiro atoms. The van der Waals surface area contributed by atoms with E-state index in [0.29, 0.717) is 5.56 Å². The number of nitrogens with one attached hydrogen (secondary N) is 3. The number of carbonyl (C=O) groups is 3. The second-order valence-electron chi connectivity index (χ2n) is 6.76. The SMILES string of the molecule is O=C(N[C@@H](Cc1ccccc1)C(=O)NNC(=O)c1ccccc1)OCc1ccccc1. The van der Waals surface area contributed by atoms with Crippen molar-refractivity contribution in [2.24, 2.45) is 0 Å². The van der Waals surface area contributed by atoms with E-state index in [0.717, 1.165) is 11.1 Å². The number of hydrogen-bond acceptors (Lipinski definition) is 4. The smallest absolute Gasteiger partial charge is 0.408 e. The molecule has 1 atom stereocenters. The fourth-order valence-electron chi connectivity index (χ4n) is 2.83. The van der Waals surface area contributed by atoms with E-state index in [9.17, 15) is 14.4 Å². The van der Waals surface area contributed by atoms with E-state index in [-0.39, 0.29) is 13.0 Å². The van der Waals surface area contributed by atoms with Crippen molar-refractivity contribution in [2.45, 2.75) is 19.1 Å². The molecule has 0 radical (unpaired) electrons. The van der Waals surface area contributed by atoms with Crippen molar-refractivity contribution in [1.29, 1.82) is 0 Å².